The summed E-state index contributed by atoms with van der Waals surface area (Å²) in [7, 11) is 0. The average molecular weight is 344 g/mol. The van der Waals surface area contributed by atoms with Crippen molar-refractivity contribution in [3.63, 3.8) is 0 Å². The number of carbonyl (C=O) groups is 2. The minimum atomic E-state index is -0.0688. The molecule has 2 aliphatic heterocycles. The van der Waals surface area contributed by atoms with Crippen molar-refractivity contribution in [1.29, 1.82) is 0 Å². The Morgan fingerprint density at radius 2 is 1.67 bits per heavy atom. The summed E-state index contributed by atoms with van der Waals surface area (Å²) < 4.78 is 0. The van der Waals surface area contributed by atoms with E-state index in [-0.39, 0.29) is 17.1 Å². The number of rotatable bonds is 2. The Hall–Kier alpha value is -1.49. The molecular weight excluding hydrogens is 320 g/mol. The normalized spacial score (nSPS) is 29.1. The van der Waals surface area contributed by atoms with Crippen LogP contribution in [0, 0.1) is 11.8 Å². The number of piperazine rings is 1. The third kappa shape index (κ3) is 2.94. The first-order valence-corrected chi connectivity index (χ1v) is 9.97. The molecule has 1 saturated heterocycles. The van der Waals surface area contributed by atoms with E-state index in [9.17, 15) is 9.59 Å². The molecule has 1 aromatic rings. The van der Waals surface area contributed by atoms with Gasteiger partial charge in [0, 0.05) is 32.1 Å². The maximum absolute atomic E-state index is 13.0. The van der Waals surface area contributed by atoms with Gasteiger partial charge < -0.3 is 9.80 Å². The van der Waals surface area contributed by atoms with E-state index in [1.54, 1.807) is 11.8 Å². The van der Waals surface area contributed by atoms with Crippen LogP contribution in [0.3, 0.4) is 0 Å². The zero-order valence-electron chi connectivity index (χ0n) is 14.1. The van der Waals surface area contributed by atoms with Gasteiger partial charge in [-0.1, -0.05) is 31.2 Å². The Morgan fingerprint density at radius 1 is 1.04 bits per heavy atom. The fraction of sp³-hybridized carbons (Fsp3) is 0.579. The highest BCUT2D eigenvalue weighted by Gasteiger charge is 2.42. The number of fused-ring (bicyclic) bond motifs is 1. The van der Waals surface area contributed by atoms with Crippen LogP contribution < -0.4 is 0 Å². The molecule has 0 N–H and O–H groups in total. The van der Waals surface area contributed by atoms with E-state index in [0.717, 1.165) is 18.6 Å². The minimum Gasteiger partial charge on any atom is -0.339 e. The number of benzene rings is 1. The van der Waals surface area contributed by atoms with Crippen molar-refractivity contribution >= 4 is 23.6 Å². The van der Waals surface area contributed by atoms with Crippen LogP contribution in [0.25, 0.3) is 0 Å². The Kier molecular flexibility index (Phi) is 4.29. The van der Waals surface area contributed by atoms with E-state index in [0.29, 0.717) is 38.0 Å². The van der Waals surface area contributed by atoms with Crippen molar-refractivity contribution < 1.29 is 9.59 Å². The Bertz CT molecular complexity index is 655. The molecular formula is C19H24N2O2S. The van der Waals surface area contributed by atoms with Gasteiger partial charge >= 0.3 is 0 Å². The summed E-state index contributed by atoms with van der Waals surface area (Å²) in [6.07, 6.45) is 2.08. The van der Waals surface area contributed by atoms with Gasteiger partial charge in [-0.3, -0.25) is 9.59 Å². The van der Waals surface area contributed by atoms with Crippen LogP contribution >= 0.6 is 11.8 Å². The van der Waals surface area contributed by atoms with E-state index < -0.39 is 0 Å². The molecule has 1 saturated carbocycles. The van der Waals surface area contributed by atoms with Crippen molar-refractivity contribution in [3.8, 4) is 0 Å². The van der Waals surface area contributed by atoms with Crippen molar-refractivity contribution in [2.75, 3.05) is 31.9 Å². The summed E-state index contributed by atoms with van der Waals surface area (Å²) >= 11 is 1.76. The van der Waals surface area contributed by atoms with Crippen LogP contribution in [-0.2, 0) is 16.0 Å². The molecule has 1 aromatic carbocycles. The lowest BCUT2D eigenvalue weighted by Crippen LogP contribution is -2.52. The molecule has 3 aliphatic rings. The van der Waals surface area contributed by atoms with E-state index in [1.165, 1.54) is 11.1 Å². The molecule has 2 heterocycles. The number of carbonyl (C=O) groups excluding carboxylic acids is 2. The fourth-order valence-electron chi connectivity index (χ4n) is 3.81. The molecule has 0 spiro atoms. The van der Waals surface area contributed by atoms with E-state index in [4.69, 9.17) is 0 Å². The molecule has 0 bridgehead atoms. The van der Waals surface area contributed by atoms with Gasteiger partial charge in [-0.15, -0.1) is 11.8 Å². The third-order valence-corrected chi connectivity index (χ3v) is 6.78. The van der Waals surface area contributed by atoms with Crippen molar-refractivity contribution in [3.05, 3.63) is 35.4 Å². The monoisotopic (exact) mass is 344 g/mol. The average Bonchev–Trinajstić information content (AvgIpc) is 3.37. The van der Waals surface area contributed by atoms with Gasteiger partial charge in [0.15, 0.2) is 0 Å². The maximum atomic E-state index is 13.0. The summed E-state index contributed by atoms with van der Waals surface area (Å²) in [6, 6.07) is 8.32. The molecule has 24 heavy (non-hydrogen) atoms. The Morgan fingerprint density at radius 3 is 2.33 bits per heavy atom. The number of hydrogen-bond acceptors (Lipinski definition) is 3. The SMILES string of the molecule is CC1CC1C(=O)N1CCN(C(=O)C2SCCc3ccccc32)CC1. The summed E-state index contributed by atoms with van der Waals surface area (Å²) in [5, 5.41) is -0.0688. The Labute approximate surface area is 147 Å². The van der Waals surface area contributed by atoms with Gasteiger partial charge in [-0.2, -0.15) is 0 Å². The van der Waals surface area contributed by atoms with Crippen LogP contribution in [0.5, 0.6) is 0 Å². The van der Waals surface area contributed by atoms with Crippen LogP contribution in [0.4, 0.5) is 0 Å². The van der Waals surface area contributed by atoms with Crippen molar-refractivity contribution in [1.82, 2.24) is 9.80 Å². The second-order valence-electron chi connectivity index (χ2n) is 7.17. The lowest BCUT2D eigenvalue weighted by molar-refractivity contribution is -0.140. The van der Waals surface area contributed by atoms with Crippen LogP contribution in [-0.4, -0.2) is 53.5 Å². The largest absolute Gasteiger partial charge is 0.339 e. The predicted molar refractivity (Wildman–Crippen MR) is 95.8 cm³/mol. The van der Waals surface area contributed by atoms with Gasteiger partial charge in [0.2, 0.25) is 11.8 Å². The molecule has 0 aromatic heterocycles. The standard InChI is InChI=1S/C19H24N2O2S/c1-13-12-16(13)18(22)20-7-9-21(10-8-20)19(23)17-15-5-3-2-4-14(15)6-11-24-17/h2-5,13,16-17H,6-12H2,1H3. The second kappa shape index (κ2) is 6.43. The van der Waals surface area contributed by atoms with Crippen LogP contribution in [0.1, 0.15) is 29.7 Å². The highest BCUT2D eigenvalue weighted by molar-refractivity contribution is 8.00. The van der Waals surface area contributed by atoms with Gasteiger partial charge in [-0.25, -0.2) is 0 Å². The van der Waals surface area contributed by atoms with Crippen LogP contribution in [0.15, 0.2) is 24.3 Å². The van der Waals surface area contributed by atoms with E-state index >= 15 is 0 Å². The first-order valence-electron chi connectivity index (χ1n) is 8.92. The molecule has 0 radical (unpaired) electrons. The first kappa shape index (κ1) is 16.0. The lowest BCUT2D eigenvalue weighted by atomic mass is 10.0. The summed E-state index contributed by atoms with van der Waals surface area (Å²) in [6.45, 7) is 4.86. The van der Waals surface area contributed by atoms with Crippen molar-refractivity contribution in [2.24, 2.45) is 11.8 Å². The molecule has 4 rings (SSSR count). The smallest absolute Gasteiger partial charge is 0.240 e. The summed E-state index contributed by atoms with van der Waals surface area (Å²) in [5.41, 5.74) is 2.50. The lowest BCUT2D eigenvalue weighted by Gasteiger charge is -2.37. The number of nitrogens with zero attached hydrogens (tertiary/aromatic N) is 2. The summed E-state index contributed by atoms with van der Waals surface area (Å²) in [5.74, 6) is 2.32. The highest BCUT2D eigenvalue weighted by Crippen LogP contribution is 2.40. The molecule has 4 nitrogen and oxygen atoms in total. The molecule has 5 heteroatoms. The number of amides is 2. The van der Waals surface area contributed by atoms with E-state index in [1.807, 2.05) is 15.9 Å². The third-order valence-electron chi connectivity index (χ3n) is 5.55. The zero-order chi connectivity index (χ0) is 16.7. The van der Waals surface area contributed by atoms with Crippen molar-refractivity contribution in [2.45, 2.75) is 25.0 Å². The molecule has 128 valence electrons. The number of aryl methyl sites for hydroxylation is 1. The molecule has 3 atom stereocenters. The first-order chi connectivity index (χ1) is 11.6. The number of thioether (sulfide) groups is 1. The van der Waals surface area contributed by atoms with Gasteiger partial charge in [0.1, 0.15) is 5.25 Å². The predicted octanol–water partition coefficient (Wildman–Crippen LogP) is 2.34. The minimum absolute atomic E-state index is 0.0688. The highest BCUT2D eigenvalue weighted by atomic mass is 32.2. The van der Waals surface area contributed by atoms with Gasteiger partial charge in [-0.05, 0) is 35.6 Å². The fourth-order valence-corrected chi connectivity index (χ4v) is 5.09. The van der Waals surface area contributed by atoms with Crippen LogP contribution in [0.2, 0.25) is 0 Å². The second-order valence-corrected chi connectivity index (χ2v) is 8.38. The quantitative estimate of drug-likeness (QED) is 0.827. The van der Waals surface area contributed by atoms with E-state index in [2.05, 4.69) is 25.1 Å². The van der Waals surface area contributed by atoms with Gasteiger partial charge in [0.05, 0.1) is 0 Å². The Balaban J connectivity index is 1.39. The molecule has 1 aliphatic carbocycles. The molecule has 3 unspecified atom stereocenters. The molecule has 2 amide bonds. The van der Waals surface area contributed by atoms with Gasteiger partial charge in [0.25, 0.3) is 0 Å². The topological polar surface area (TPSA) is 40.6 Å². The zero-order valence-corrected chi connectivity index (χ0v) is 14.9. The summed E-state index contributed by atoms with van der Waals surface area (Å²) in [4.78, 5) is 29.2. The molecule has 2 fully saturated rings. The maximum Gasteiger partial charge on any atom is 0.240 e. The number of hydrogen-bond donors (Lipinski definition) is 0.